The fourth-order valence-electron chi connectivity index (χ4n) is 3.57. The number of benzene rings is 2. The lowest BCUT2D eigenvalue weighted by molar-refractivity contribution is -0.153. The van der Waals surface area contributed by atoms with Crippen molar-refractivity contribution in [3.63, 3.8) is 0 Å². The first-order valence-corrected chi connectivity index (χ1v) is 12.3. The molecule has 1 amide bonds. The second kappa shape index (κ2) is 8.54. The lowest BCUT2D eigenvalue weighted by Gasteiger charge is -2.21. The summed E-state index contributed by atoms with van der Waals surface area (Å²) >= 11 is 0. The van der Waals surface area contributed by atoms with Crippen molar-refractivity contribution in [3.05, 3.63) is 59.1 Å². The summed E-state index contributed by atoms with van der Waals surface area (Å²) in [6, 6.07) is 7.77. The number of carbonyl (C=O) groups is 1. The van der Waals surface area contributed by atoms with Gasteiger partial charge in [-0.25, -0.2) is 17.5 Å². The molecule has 11 heteroatoms. The van der Waals surface area contributed by atoms with Gasteiger partial charge in [0.25, 0.3) is 10.0 Å². The van der Waals surface area contributed by atoms with E-state index in [-0.39, 0.29) is 16.9 Å². The number of hydrogen-bond acceptors (Lipinski definition) is 5. The summed E-state index contributed by atoms with van der Waals surface area (Å²) in [7, 11) is -4.69. The van der Waals surface area contributed by atoms with Gasteiger partial charge in [0, 0.05) is 6.07 Å². The van der Waals surface area contributed by atoms with Gasteiger partial charge in [0.2, 0.25) is 0 Å². The van der Waals surface area contributed by atoms with E-state index in [9.17, 15) is 30.8 Å². The Morgan fingerprint density at radius 2 is 1.80 bits per heavy atom. The maximum atomic E-state index is 14.5. The van der Waals surface area contributed by atoms with E-state index in [4.69, 9.17) is 9.15 Å². The first-order valence-electron chi connectivity index (χ1n) is 10.8. The second-order valence-corrected chi connectivity index (χ2v) is 11.2. The van der Waals surface area contributed by atoms with Crippen LogP contribution in [0.25, 0.3) is 11.0 Å². The molecule has 1 aliphatic carbocycles. The van der Waals surface area contributed by atoms with Crippen LogP contribution in [0.15, 0.2) is 45.7 Å². The first-order chi connectivity index (χ1) is 16.1. The highest BCUT2D eigenvalue weighted by atomic mass is 32.2. The summed E-state index contributed by atoms with van der Waals surface area (Å²) in [5.41, 5.74) is 0.766. The van der Waals surface area contributed by atoms with Gasteiger partial charge in [-0.05, 0) is 59.6 Å². The number of halogens is 4. The van der Waals surface area contributed by atoms with Gasteiger partial charge < -0.3 is 9.15 Å². The minimum Gasteiger partial charge on any atom is -0.483 e. The lowest BCUT2D eigenvalue weighted by atomic mass is 9.87. The number of alkyl halides is 3. The van der Waals surface area contributed by atoms with Crippen molar-refractivity contribution in [2.45, 2.75) is 56.0 Å². The highest BCUT2D eigenvalue weighted by Gasteiger charge is 2.32. The zero-order chi connectivity index (χ0) is 25.8. The number of hydrogen-bond donors (Lipinski definition) is 1. The Kier molecular flexibility index (Phi) is 6.11. The number of fused-ring (bicyclic) bond motifs is 1. The summed E-state index contributed by atoms with van der Waals surface area (Å²) in [6.45, 7) is 3.63. The standard InChI is InChI=1S/C24H23F4NO5S/c1-23(2,3)15-6-7-18(33-12-24(26,27)28)21(10-15)35(31,32)29-22(30)20-11-16-17(25)8-14(13-4-5-13)9-19(16)34-20/h6-11,13H,4-5,12H2,1-3H3,(H,29,30). The monoisotopic (exact) mass is 513 g/mol. The largest absolute Gasteiger partial charge is 0.483 e. The number of carbonyl (C=O) groups excluding carboxylic acids is 1. The number of amides is 1. The zero-order valence-corrected chi connectivity index (χ0v) is 19.9. The molecule has 0 atom stereocenters. The average Bonchev–Trinajstić information content (AvgIpc) is 3.49. The van der Waals surface area contributed by atoms with E-state index in [0.29, 0.717) is 5.56 Å². The third-order valence-corrected chi connectivity index (χ3v) is 6.95. The van der Waals surface area contributed by atoms with E-state index >= 15 is 0 Å². The third-order valence-electron chi connectivity index (χ3n) is 5.60. The Balaban J connectivity index is 1.67. The summed E-state index contributed by atoms with van der Waals surface area (Å²) < 4.78 is 90.6. The molecular formula is C24H23F4NO5S. The Morgan fingerprint density at radius 1 is 1.11 bits per heavy atom. The van der Waals surface area contributed by atoms with Crippen LogP contribution >= 0.6 is 0 Å². The normalized spacial score (nSPS) is 14.8. The number of ether oxygens (including phenoxy) is 1. The first kappa shape index (κ1) is 25.0. The van der Waals surface area contributed by atoms with Crippen molar-refractivity contribution >= 4 is 26.9 Å². The lowest BCUT2D eigenvalue weighted by Crippen LogP contribution is -2.31. The highest BCUT2D eigenvalue weighted by molar-refractivity contribution is 7.90. The van der Waals surface area contributed by atoms with Crippen LogP contribution in [0.5, 0.6) is 5.75 Å². The smallest absolute Gasteiger partial charge is 0.422 e. The summed E-state index contributed by atoms with van der Waals surface area (Å²) in [5, 5.41) is 0.0147. The molecule has 0 radical (unpaired) electrons. The molecule has 1 aromatic heterocycles. The van der Waals surface area contributed by atoms with Gasteiger partial charge in [-0.3, -0.25) is 4.79 Å². The van der Waals surface area contributed by atoms with Gasteiger partial charge in [0.05, 0.1) is 5.39 Å². The number of nitrogens with one attached hydrogen (secondary N) is 1. The second-order valence-electron chi connectivity index (χ2n) is 9.55. The summed E-state index contributed by atoms with van der Waals surface area (Å²) in [4.78, 5) is 12.1. The topological polar surface area (TPSA) is 85.6 Å². The molecule has 0 unspecified atom stereocenters. The van der Waals surface area contributed by atoms with Crippen LogP contribution in [-0.2, 0) is 15.4 Å². The molecule has 0 saturated heterocycles. The minimum atomic E-state index is -4.70. The number of furan rings is 1. The average molecular weight is 514 g/mol. The fraction of sp³-hybridized carbons (Fsp3) is 0.375. The van der Waals surface area contributed by atoms with Crippen LogP contribution in [0.2, 0.25) is 0 Å². The van der Waals surface area contributed by atoms with Crippen molar-refractivity contribution in [3.8, 4) is 5.75 Å². The summed E-state index contributed by atoms with van der Waals surface area (Å²) in [5.74, 6) is -2.60. The fourth-order valence-corrected chi connectivity index (χ4v) is 4.70. The predicted octanol–water partition coefficient (Wildman–Crippen LogP) is 5.81. The van der Waals surface area contributed by atoms with E-state index < -0.39 is 56.4 Å². The third kappa shape index (κ3) is 5.61. The van der Waals surface area contributed by atoms with Crippen LogP contribution < -0.4 is 9.46 Å². The molecule has 2 aromatic carbocycles. The molecule has 1 N–H and O–H groups in total. The SMILES string of the molecule is CC(C)(C)c1ccc(OCC(F)(F)F)c(S(=O)(=O)NC(=O)c2cc3c(F)cc(C4CC4)cc3o2)c1. The quantitative estimate of drug-likeness (QED) is 0.421. The van der Waals surface area contributed by atoms with Gasteiger partial charge in [-0.2, -0.15) is 13.2 Å². The Labute approximate surface area is 199 Å². The molecule has 188 valence electrons. The molecule has 0 aliphatic heterocycles. The summed E-state index contributed by atoms with van der Waals surface area (Å²) in [6.07, 6.45) is -2.86. The number of sulfonamides is 1. The highest BCUT2D eigenvalue weighted by Crippen LogP contribution is 2.42. The van der Waals surface area contributed by atoms with Gasteiger partial charge in [-0.1, -0.05) is 26.8 Å². The van der Waals surface area contributed by atoms with Crippen molar-refractivity contribution in [2.24, 2.45) is 0 Å². The van der Waals surface area contributed by atoms with E-state index in [1.165, 1.54) is 12.1 Å². The van der Waals surface area contributed by atoms with Gasteiger partial charge in [0.1, 0.15) is 22.0 Å². The Bertz CT molecular complexity index is 1400. The van der Waals surface area contributed by atoms with Crippen molar-refractivity contribution in [1.29, 1.82) is 0 Å². The molecule has 0 spiro atoms. The van der Waals surface area contributed by atoms with Crippen LogP contribution in [0.1, 0.15) is 61.2 Å². The number of rotatable bonds is 6. The van der Waals surface area contributed by atoms with Gasteiger partial charge in [-0.15, -0.1) is 0 Å². The van der Waals surface area contributed by atoms with E-state index in [1.54, 1.807) is 31.6 Å². The van der Waals surface area contributed by atoms with Gasteiger partial charge in [0.15, 0.2) is 12.4 Å². The van der Waals surface area contributed by atoms with Crippen molar-refractivity contribution < 1.29 is 39.9 Å². The predicted molar refractivity (Wildman–Crippen MR) is 119 cm³/mol. The van der Waals surface area contributed by atoms with E-state index in [2.05, 4.69) is 0 Å². The maximum absolute atomic E-state index is 14.5. The van der Waals surface area contributed by atoms with Crippen LogP contribution in [-0.4, -0.2) is 27.1 Å². The molecule has 1 fully saturated rings. The molecule has 35 heavy (non-hydrogen) atoms. The molecule has 3 aromatic rings. The zero-order valence-electron chi connectivity index (χ0n) is 19.1. The molecule has 6 nitrogen and oxygen atoms in total. The van der Waals surface area contributed by atoms with Gasteiger partial charge >= 0.3 is 12.1 Å². The molecule has 0 bridgehead atoms. The molecule has 1 saturated carbocycles. The Morgan fingerprint density at radius 3 is 2.40 bits per heavy atom. The molecule has 1 aliphatic rings. The van der Waals surface area contributed by atoms with Crippen molar-refractivity contribution in [2.75, 3.05) is 6.61 Å². The van der Waals surface area contributed by atoms with Crippen LogP contribution in [0.4, 0.5) is 17.6 Å². The molecule has 1 heterocycles. The van der Waals surface area contributed by atoms with Crippen LogP contribution in [0, 0.1) is 5.82 Å². The maximum Gasteiger partial charge on any atom is 0.422 e. The van der Waals surface area contributed by atoms with E-state index in [0.717, 1.165) is 36.6 Å². The van der Waals surface area contributed by atoms with Crippen molar-refractivity contribution in [1.82, 2.24) is 4.72 Å². The van der Waals surface area contributed by atoms with Crippen LogP contribution in [0.3, 0.4) is 0 Å². The molecule has 4 rings (SSSR count). The minimum absolute atomic E-state index is 0.0147. The van der Waals surface area contributed by atoms with E-state index in [1.807, 2.05) is 0 Å². The Hall–Kier alpha value is -3.08. The molecular weight excluding hydrogens is 490 g/mol.